The molecule has 0 bridgehead atoms. The average molecular weight is 402 g/mol. The minimum atomic E-state index is -1.00. The molecule has 2 atom stereocenters. The first kappa shape index (κ1) is 21.3. The molecule has 0 amide bonds. The fraction of sp³-hybridized carbons (Fsp3) is 0.417. The maximum absolute atomic E-state index is 14.3. The highest BCUT2D eigenvalue weighted by atomic mass is 19.2. The van der Waals surface area contributed by atoms with Gasteiger partial charge in [0.1, 0.15) is 0 Å². The van der Waals surface area contributed by atoms with Crippen LogP contribution in [0.15, 0.2) is 43.0 Å². The molecule has 3 rings (SSSR count). The van der Waals surface area contributed by atoms with E-state index in [1.807, 2.05) is 25.1 Å². The second kappa shape index (κ2) is 10.4. The van der Waals surface area contributed by atoms with Crippen molar-refractivity contribution < 1.29 is 23.0 Å². The summed E-state index contributed by atoms with van der Waals surface area (Å²) in [5, 5.41) is 0. The Labute approximate surface area is 171 Å². The van der Waals surface area contributed by atoms with Crippen LogP contribution in [0.3, 0.4) is 0 Å². The van der Waals surface area contributed by atoms with Crippen molar-refractivity contribution in [3.8, 4) is 11.5 Å². The van der Waals surface area contributed by atoms with Crippen molar-refractivity contribution in [3.05, 3.63) is 65.7 Å². The second-order valence-corrected chi connectivity index (χ2v) is 7.34. The summed E-state index contributed by atoms with van der Waals surface area (Å²) in [6.45, 7) is 6.94. The molecular formula is C24H28F2O3. The summed E-state index contributed by atoms with van der Waals surface area (Å²) < 4.78 is 45.2. The molecular weight excluding hydrogens is 374 g/mol. The van der Waals surface area contributed by atoms with Crippen molar-refractivity contribution in [1.29, 1.82) is 0 Å². The third-order valence-corrected chi connectivity index (χ3v) is 5.16. The monoisotopic (exact) mass is 402 g/mol. The molecule has 0 aliphatic carbocycles. The number of hydrogen-bond acceptors (Lipinski definition) is 3. The molecule has 156 valence electrons. The van der Waals surface area contributed by atoms with Gasteiger partial charge in [-0.1, -0.05) is 50.3 Å². The lowest BCUT2D eigenvalue weighted by Crippen LogP contribution is -2.25. The molecule has 0 spiro atoms. The highest BCUT2D eigenvalue weighted by Gasteiger charge is 2.24. The summed E-state index contributed by atoms with van der Waals surface area (Å²) in [6.07, 6.45) is 5.35. The van der Waals surface area contributed by atoms with Crippen LogP contribution in [0, 0.1) is 17.6 Å². The van der Waals surface area contributed by atoms with Gasteiger partial charge < -0.3 is 14.2 Å². The number of ether oxygens (including phenoxy) is 3. The van der Waals surface area contributed by atoms with E-state index in [0.29, 0.717) is 13.2 Å². The molecule has 1 aliphatic rings. The van der Waals surface area contributed by atoms with Gasteiger partial charge in [-0.15, -0.1) is 0 Å². The van der Waals surface area contributed by atoms with Gasteiger partial charge in [0.2, 0.25) is 11.6 Å². The lowest BCUT2D eigenvalue weighted by molar-refractivity contribution is -0.0289. The van der Waals surface area contributed by atoms with Gasteiger partial charge in [-0.05, 0) is 42.5 Å². The Morgan fingerprint density at radius 3 is 2.31 bits per heavy atom. The largest absolute Gasteiger partial charge is 0.490 e. The van der Waals surface area contributed by atoms with Crippen molar-refractivity contribution >= 4 is 6.08 Å². The maximum atomic E-state index is 14.3. The van der Waals surface area contributed by atoms with Gasteiger partial charge in [0.25, 0.3) is 0 Å². The lowest BCUT2D eigenvalue weighted by atomic mass is 9.95. The van der Waals surface area contributed by atoms with Gasteiger partial charge in [0, 0.05) is 5.92 Å². The van der Waals surface area contributed by atoms with E-state index in [0.717, 1.165) is 36.8 Å². The molecule has 0 radical (unpaired) electrons. The van der Waals surface area contributed by atoms with Crippen molar-refractivity contribution in [2.45, 2.75) is 38.7 Å². The van der Waals surface area contributed by atoms with Gasteiger partial charge in [-0.25, -0.2) is 0 Å². The number of hydrogen-bond donors (Lipinski definition) is 0. The lowest BCUT2D eigenvalue weighted by Gasteiger charge is -2.29. The first-order chi connectivity index (χ1) is 14.1. The van der Waals surface area contributed by atoms with Gasteiger partial charge in [0.15, 0.2) is 11.5 Å². The van der Waals surface area contributed by atoms with Crippen LogP contribution in [0.1, 0.15) is 49.8 Å². The zero-order chi connectivity index (χ0) is 20.6. The smallest absolute Gasteiger partial charge is 0.204 e. The minimum absolute atomic E-state index is 0.0545. The van der Waals surface area contributed by atoms with Crippen LogP contribution in [-0.2, 0) is 4.74 Å². The molecule has 0 saturated carbocycles. The first-order valence-electron chi connectivity index (χ1n) is 10.2. The van der Waals surface area contributed by atoms with Crippen LogP contribution < -0.4 is 9.47 Å². The molecule has 29 heavy (non-hydrogen) atoms. The average Bonchev–Trinajstić information content (AvgIpc) is 2.77. The van der Waals surface area contributed by atoms with E-state index in [1.165, 1.54) is 12.1 Å². The van der Waals surface area contributed by atoms with E-state index in [2.05, 4.69) is 18.7 Å². The predicted molar refractivity (Wildman–Crippen MR) is 110 cm³/mol. The SMILES string of the molecule is C=Cc1ccc(C2CCC(COc3ccc(OCCCC)c(F)c3F)CO2)cc1. The van der Waals surface area contributed by atoms with Crippen LogP contribution in [0.2, 0.25) is 0 Å². The first-order valence-corrected chi connectivity index (χ1v) is 10.2. The Bertz CT molecular complexity index is 797. The molecule has 0 N–H and O–H groups in total. The summed E-state index contributed by atoms with van der Waals surface area (Å²) in [6, 6.07) is 11.0. The fourth-order valence-electron chi connectivity index (χ4n) is 3.32. The van der Waals surface area contributed by atoms with E-state index in [-0.39, 0.29) is 30.1 Å². The number of unbranched alkanes of at least 4 members (excludes halogenated alkanes) is 1. The van der Waals surface area contributed by atoms with E-state index in [1.54, 1.807) is 0 Å². The normalized spacial score (nSPS) is 19.0. The summed E-state index contributed by atoms with van der Waals surface area (Å²) in [5.74, 6) is -2.03. The van der Waals surface area contributed by atoms with E-state index >= 15 is 0 Å². The third kappa shape index (κ3) is 5.57. The zero-order valence-electron chi connectivity index (χ0n) is 16.8. The van der Waals surface area contributed by atoms with Crippen LogP contribution >= 0.6 is 0 Å². The summed E-state index contributed by atoms with van der Waals surface area (Å²) in [5.41, 5.74) is 2.22. The van der Waals surface area contributed by atoms with Crippen LogP contribution in [-0.4, -0.2) is 19.8 Å². The Morgan fingerprint density at radius 2 is 1.72 bits per heavy atom. The Balaban J connectivity index is 1.49. The van der Waals surface area contributed by atoms with Gasteiger partial charge >= 0.3 is 0 Å². The van der Waals surface area contributed by atoms with E-state index in [4.69, 9.17) is 14.2 Å². The molecule has 2 unspecified atom stereocenters. The predicted octanol–water partition coefficient (Wildman–Crippen LogP) is 6.33. The molecule has 2 aromatic carbocycles. The van der Waals surface area contributed by atoms with Crippen molar-refractivity contribution in [2.75, 3.05) is 19.8 Å². The quantitative estimate of drug-likeness (QED) is 0.459. The second-order valence-electron chi connectivity index (χ2n) is 7.34. The molecule has 1 heterocycles. The minimum Gasteiger partial charge on any atom is -0.490 e. The molecule has 2 aromatic rings. The van der Waals surface area contributed by atoms with Gasteiger partial charge in [-0.2, -0.15) is 8.78 Å². The molecule has 5 heteroatoms. The zero-order valence-corrected chi connectivity index (χ0v) is 16.8. The molecule has 3 nitrogen and oxygen atoms in total. The third-order valence-electron chi connectivity index (χ3n) is 5.16. The van der Waals surface area contributed by atoms with E-state index in [9.17, 15) is 8.78 Å². The van der Waals surface area contributed by atoms with Crippen LogP contribution in [0.4, 0.5) is 8.78 Å². The van der Waals surface area contributed by atoms with Crippen LogP contribution in [0.25, 0.3) is 6.08 Å². The Morgan fingerprint density at radius 1 is 1.03 bits per heavy atom. The number of halogens is 2. The van der Waals surface area contributed by atoms with Crippen molar-refractivity contribution in [3.63, 3.8) is 0 Å². The fourth-order valence-corrected chi connectivity index (χ4v) is 3.32. The molecule has 1 aliphatic heterocycles. The summed E-state index contributed by atoms with van der Waals surface area (Å²) in [4.78, 5) is 0. The summed E-state index contributed by atoms with van der Waals surface area (Å²) >= 11 is 0. The Kier molecular flexibility index (Phi) is 7.64. The Hall–Kier alpha value is -2.40. The van der Waals surface area contributed by atoms with Crippen molar-refractivity contribution in [2.24, 2.45) is 5.92 Å². The van der Waals surface area contributed by atoms with Gasteiger partial charge in [-0.3, -0.25) is 0 Å². The van der Waals surface area contributed by atoms with E-state index < -0.39 is 11.6 Å². The van der Waals surface area contributed by atoms with Crippen molar-refractivity contribution in [1.82, 2.24) is 0 Å². The highest BCUT2D eigenvalue weighted by molar-refractivity contribution is 5.47. The van der Waals surface area contributed by atoms with Crippen LogP contribution in [0.5, 0.6) is 11.5 Å². The van der Waals surface area contributed by atoms with Gasteiger partial charge in [0.05, 0.1) is 25.9 Å². The summed E-state index contributed by atoms with van der Waals surface area (Å²) in [7, 11) is 0. The topological polar surface area (TPSA) is 27.7 Å². The number of rotatable bonds is 9. The molecule has 1 saturated heterocycles. The highest BCUT2D eigenvalue weighted by Crippen LogP contribution is 2.32. The standard InChI is InChI=1S/C24H28F2O3/c1-3-5-14-27-21-12-13-22(24(26)23(21)25)29-16-18-8-11-20(28-15-18)19-9-6-17(4-2)7-10-19/h4,6-7,9-10,12-13,18,20H,2-3,5,8,11,14-16H2,1H3. The number of benzene rings is 2. The molecule has 1 fully saturated rings. The maximum Gasteiger partial charge on any atom is 0.204 e. The molecule has 0 aromatic heterocycles.